The molecule has 9 aromatic carbocycles. The summed E-state index contributed by atoms with van der Waals surface area (Å²) in [6.07, 6.45) is 0.974. The third kappa shape index (κ3) is 4.98. The van der Waals surface area contributed by atoms with Gasteiger partial charge in [-0.3, -0.25) is 0 Å². The summed E-state index contributed by atoms with van der Waals surface area (Å²) in [5.41, 5.74) is 17.6. The van der Waals surface area contributed by atoms with Crippen LogP contribution in [0.1, 0.15) is 35.4 Å². The smallest absolute Gasteiger partial charge is 0.0544 e. The molecule has 0 bridgehead atoms. The van der Waals surface area contributed by atoms with Gasteiger partial charge < -0.3 is 13.7 Å². The Bertz CT molecular complexity index is 3470. The van der Waals surface area contributed by atoms with Crippen molar-refractivity contribution in [3.8, 4) is 28.2 Å². The van der Waals surface area contributed by atoms with Crippen LogP contribution in [0.2, 0.25) is 0 Å². The third-order valence-electron chi connectivity index (χ3n) is 13.8. The Balaban J connectivity index is 1.12. The lowest BCUT2D eigenvalue weighted by Gasteiger charge is -2.33. The predicted octanol–water partition coefficient (Wildman–Crippen LogP) is 15.1. The van der Waals surface area contributed by atoms with Gasteiger partial charge in [0, 0.05) is 32.3 Å². The highest BCUT2D eigenvalue weighted by molar-refractivity contribution is 6.14. The van der Waals surface area contributed by atoms with Crippen LogP contribution in [0.5, 0.6) is 0 Å². The second-order valence-corrected chi connectivity index (χ2v) is 16.9. The van der Waals surface area contributed by atoms with Gasteiger partial charge in [0.15, 0.2) is 0 Å². The molecule has 0 saturated carbocycles. The van der Waals surface area contributed by atoms with Crippen LogP contribution in [0.4, 0.5) is 0 Å². The molecular formula is C58H41N3. The highest BCUT2D eigenvalue weighted by Crippen LogP contribution is 2.50. The molecule has 13 rings (SSSR count). The van der Waals surface area contributed by atoms with Crippen molar-refractivity contribution in [1.82, 2.24) is 13.7 Å². The SMILES string of the molecule is CC(c1ccccc1)C1Cc2c(ccc3c2c2ccccc2n3-c2cc(-n3c4ccccc4c4ccccc43)cc(-n3c4ccccc4c4ccccc43)c2)-c2ccccc21. The molecule has 0 saturated heterocycles. The second-order valence-electron chi connectivity index (χ2n) is 16.9. The van der Waals surface area contributed by atoms with Crippen molar-refractivity contribution in [2.24, 2.45) is 0 Å². The molecule has 3 aromatic heterocycles. The lowest BCUT2D eigenvalue weighted by molar-refractivity contribution is 0.570. The van der Waals surface area contributed by atoms with Gasteiger partial charge in [0.05, 0.1) is 50.2 Å². The van der Waals surface area contributed by atoms with Gasteiger partial charge >= 0.3 is 0 Å². The van der Waals surface area contributed by atoms with Gasteiger partial charge in [-0.1, -0.05) is 159 Å². The predicted molar refractivity (Wildman–Crippen MR) is 256 cm³/mol. The first-order valence-corrected chi connectivity index (χ1v) is 21.5. The zero-order valence-corrected chi connectivity index (χ0v) is 33.8. The summed E-state index contributed by atoms with van der Waals surface area (Å²) in [4.78, 5) is 0. The first kappa shape index (κ1) is 34.3. The fourth-order valence-corrected chi connectivity index (χ4v) is 11.1. The van der Waals surface area contributed by atoms with Crippen LogP contribution in [0, 0.1) is 0 Å². The Morgan fingerprint density at radius 3 is 1.31 bits per heavy atom. The topological polar surface area (TPSA) is 14.8 Å². The van der Waals surface area contributed by atoms with Gasteiger partial charge in [-0.15, -0.1) is 0 Å². The molecule has 1 aliphatic carbocycles. The molecular weight excluding hydrogens is 739 g/mol. The number of aromatic nitrogens is 3. The first-order valence-electron chi connectivity index (χ1n) is 21.5. The third-order valence-corrected chi connectivity index (χ3v) is 13.8. The van der Waals surface area contributed by atoms with E-state index in [2.05, 4.69) is 227 Å². The van der Waals surface area contributed by atoms with Crippen molar-refractivity contribution < 1.29 is 0 Å². The summed E-state index contributed by atoms with van der Waals surface area (Å²) in [5.74, 6) is 0.704. The fourth-order valence-electron chi connectivity index (χ4n) is 11.1. The van der Waals surface area contributed by atoms with E-state index in [1.165, 1.54) is 93.2 Å². The van der Waals surface area contributed by atoms with Crippen molar-refractivity contribution in [3.63, 3.8) is 0 Å². The van der Waals surface area contributed by atoms with Crippen LogP contribution in [0.3, 0.4) is 0 Å². The van der Waals surface area contributed by atoms with Crippen LogP contribution in [-0.4, -0.2) is 13.7 Å². The van der Waals surface area contributed by atoms with E-state index >= 15 is 0 Å². The molecule has 0 amide bonds. The van der Waals surface area contributed by atoms with Gasteiger partial charge in [0.25, 0.3) is 0 Å². The van der Waals surface area contributed by atoms with E-state index < -0.39 is 0 Å². The largest absolute Gasteiger partial charge is 0.309 e. The van der Waals surface area contributed by atoms with Gasteiger partial charge in [-0.2, -0.15) is 0 Å². The summed E-state index contributed by atoms with van der Waals surface area (Å²) in [5, 5.41) is 7.67. The maximum atomic E-state index is 2.54. The minimum absolute atomic E-state index is 0.347. The van der Waals surface area contributed by atoms with Crippen molar-refractivity contribution in [1.29, 1.82) is 0 Å². The highest BCUT2D eigenvalue weighted by atomic mass is 15.0. The van der Waals surface area contributed by atoms with E-state index in [-0.39, 0.29) is 0 Å². The first-order chi connectivity index (χ1) is 30.2. The Morgan fingerprint density at radius 1 is 0.377 bits per heavy atom. The Morgan fingerprint density at radius 2 is 0.787 bits per heavy atom. The Hall–Kier alpha value is -7.62. The van der Waals surface area contributed by atoms with Gasteiger partial charge in [-0.25, -0.2) is 0 Å². The van der Waals surface area contributed by atoms with Crippen LogP contribution in [0.25, 0.3) is 93.6 Å². The van der Waals surface area contributed by atoms with E-state index in [0.29, 0.717) is 11.8 Å². The summed E-state index contributed by atoms with van der Waals surface area (Å²) < 4.78 is 7.47. The summed E-state index contributed by atoms with van der Waals surface area (Å²) >= 11 is 0. The molecule has 288 valence electrons. The number of nitrogens with zero attached hydrogens (tertiary/aromatic N) is 3. The van der Waals surface area contributed by atoms with E-state index in [4.69, 9.17) is 0 Å². The summed E-state index contributed by atoms with van der Waals surface area (Å²) in [6.45, 7) is 2.42. The summed E-state index contributed by atoms with van der Waals surface area (Å²) in [6, 6.07) is 76.7. The van der Waals surface area contributed by atoms with Crippen molar-refractivity contribution >= 4 is 65.4 Å². The second kappa shape index (κ2) is 13.2. The zero-order valence-electron chi connectivity index (χ0n) is 33.8. The molecule has 0 fully saturated rings. The van der Waals surface area contributed by atoms with E-state index in [1.54, 1.807) is 0 Å². The van der Waals surface area contributed by atoms with Gasteiger partial charge in [0.1, 0.15) is 0 Å². The number of para-hydroxylation sites is 5. The molecule has 12 aromatic rings. The van der Waals surface area contributed by atoms with Gasteiger partial charge in [0.2, 0.25) is 0 Å². The Kier molecular flexibility index (Phi) is 7.41. The molecule has 3 heteroatoms. The molecule has 3 nitrogen and oxygen atoms in total. The van der Waals surface area contributed by atoms with Crippen LogP contribution in [-0.2, 0) is 6.42 Å². The number of rotatable bonds is 5. The van der Waals surface area contributed by atoms with E-state index in [1.807, 2.05) is 0 Å². The molecule has 61 heavy (non-hydrogen) atoms. The maximum absolute atomic E-state index is 2.54. The van der Waals surface area contributed by atoms with Crippen LogP contribution in [0.15, 0.2) is 206 Å². The summed E-state index contributed by atoms with van der Waals surface area (Å²) in [7, 11) is 0. The minimum Gasteiger partial charge on any atom is -0.309 e. The number of benzene rings is 9. The molecule has 0 radical (unpaired) electrons. The van der Waals surface area contributed by atoms with Crippen LogP contribution < -0.4 is 0 Å². The minimum atomic E-state index is 0.347. The fraction of sp³-hybridized carbons (Fsp3) is 0.0690. The number of hydrogen-bond donors (Lipinski definition) is 0. The number of fused-ring (bicyclic) bond motifs is 13. The van der Waals surface area contributed by atoms with E-state index in [9.17, 15) is 0 Å². The zero-order chi connectivity index (χ0) is 40.2. The molecule has 3 heterocycles. The average Bonchev–Trinajstić information content (AvgIpc) is 3.97. The molecule has 2 atom stereocenters. The monoisotopic (exact) mass is 779 g/mol. The molecule has 0 spiro atoms. The quantitative estimate of drug-likeness (QED) is 0.165. The Labute approximate surface area is 354 Å². The lowest BCUT2D eigenvalue weighted by atomic mass is 9.71. The molecule has 0 N–H and O–H groups in total. The molecule has 2 unspecified atom stereocenters. The average molecular weight is 780 g/mol. The lowest BCUT2D eigenvalue weighted by Crippen LogP contribution is -2.17. The normalized spacial score (nSPS) is 14.3. The highest BCUT2D eigenvalue weighted by Gasteiger charge is 2.32. The van der Waals surface area contributed by atoms with Crippen molar-refractivity contribution in [2.45, 2.75) is 25.2 Å². The van der Waals surface area contributed by atoms with Crippen molar-refractivity contribution in [2.75, 3.05) is 0 Å². The molecule has 0 aliphatic heterocycles. The van der Waals surface area contributed by atoms with E-state index in [0.717, 1.165) is 23.5 Å². The molecule has 1 aliphatic rings. The standard InChI is InChI=1S/C58H41N3/c1-37(38-17-3-2-4-18-38)50-36-51-44(42-19-5-6-20-43(42)50)31-32-57-58(51)49-25-11-16-30-56(49)61(57)41-34-39(59-52-26-12-7-21-45(52)46-22-8-13-27-53(46)59)33-40(35-41)60-54-28-14-9-23-47(54)48-24-10-15-29-55(48)60/h2-35,37,50H,36H2,1H3. The number of hydrogen-bond acceptors (Lipinski definition) is 0. The van der Waals surface area contributed by atoms with Crippen molar-refractivity contribution in [3.05, 3.63) is 223 Å². The maximum Gasteiger partial charge on any atom is 0.0544 e. The van der Waals surface area contributed by atoms with Gasteiger partial charge in [-0.05, 0) is 101 Å². The van der Waals surface area contributed by atoms with Crippen LogP contribution >= 0.6 is 0 Å².